The Labute approximate surface area is 109 Å². The van der Waals surface area contributed by atoms with Crippen LogP contribution < -0.4 is 10.6 Å². The fourth-order valence-corrected chi connectivity index (χ4v) is 1.66. The minimum Gasteiger partial charge on any atom is -0.338 e. The summed E-state index contributed by atoms with van der Waals surface area (Å²) >= 11 is 8.87. The zero-order valence-corrected chi connectivity index (χ0v) is 11.4. The van der Waals surface area contributed by atoms with E-state index in [1.807, 2.05) is 25.1 Å². The van der Waals surface area contributed by atoms with E-state index >= 15 is 0 Å². The van der Waals surface area contributed by atoms with E-state index in [0.717, 1.165) is 22.1 Å². The molecule has 0 unspecified atom stereocenters. The number of anilines is 1. The maximum absolute atomic E-state index is 11.5. The van der Waals surface area contributed by atoms with Crippen LogP contribution >= 0.6 is 27.5 Å². The zero-order valence-electron chi connectivity index (χ0n) is 9.02. The van der Waals surface area contributed by atoms with Gasteiger partial charge in [-0.3, -0.25) is 0 Å². The molecule has 16 heavy (non-hydrogen) atoms. The highest BCUT2D eigenvalue weighted by Crippen LogP contribution is 2.20. The van der Waals surface area contributed by atoms with Gasteiger partial charge in [-0.25, -0.2) is 4.79 Å². The molecule has 1 rings (SSSR count). The Morgan fingerprint density at radius 2 is 2.25 bits per heavy atom. The largest absolute Gasteiger partial charge is 0.338 e. The Morgan fingerprint density at radius 1 is 1.50 bits per heavy atom. The summed E-state index contributed by atoms with van der Waals surface area (Å²) in [4.78, 5) is 11.5. The van der Waals surface area contributed by atoms with Crippen molar-refractivity contribution in [2.45, 2.75) is 13.3 Å². The summed E-state index contributed by atoms with van der Waals surface area (Å²) in [5.41, 5.74) is 1.83. The molecule has 2 amide bonds. The number of nitrogens with one attached hydrogen (secondary N) is 2. The lowest BCUT2D eigenvalue weighted by molar-refractivity contribution is 0.252. The molecule has 1 aromatic rings. The summed E-state index contributed by atoms with van der Waals surface area (Å²) in [6.07, 6.45) is 0.770. The maximum atomic E-state index is 11.5. The molecule has 0 aliphatic carbocycles. The van der Waals surface area contributed by atoms with Crippen LogP contribution in [-0.2, 0) is 0 Å². The number of rotatable bonds is 4. The van der Waals surface area contributed by atoms with Gasteiger partial charge in [0.15, 0.2) is 0 Å². The number of carbonyl (C=O) groups excluding carboxylic acids is 1. The van der Waals surface area contributed by atoms with Crippen LogP contribution in [0.4, 0.5) is 10.5 Å². The van der Waals surface area contributed by atoms with Crippen molar-refractivity contribution in [2.24, 2.45) is 0 Å². The standard InChI is InChI=1S/C11H14BrClN2O/c1-8-3-4-9(12)7-10(8)15-11(16)14-6-2-5-13/h3-4,7H,2,5-6H2,1H3,(H2,14,15,16). The highest BCUT2D eigenvalue weighted by molar-refractivity contribution is 9.10. The van der Waals surface area contributed by atoms with Crippen LogP contribution in [0.25, 0.3) is 0 Å². The minimum atomic E-state index is -0.202. The Kier molecular flexibility index (Phi) is 5.63. The second-order valence-electron chi connectivity index (χ2n) is 3.38. The summed E-state index contributed by atoms with van der Waals surface area (Å²) in [7, 11) is 0. The van der Waals surface area contributed by atoms with Crippen LogP contribution in [0.15, 0.2) is 22.7 Å². The molecule has 0 aliphatic heterocycles. The van der Waals surface area contributed by atoms with Crippen molar-refractivity contribution >= 4 is 39.2 Å². The Hall–Kier alpha value is -0.740. The predicted octanol–water partition coefficient (Wildman–Crippen LogP) is 3.51. The Balaban J connectivity index is 2.52. The summed E-state index contributed by atoms with van der Waals surface area (Å²) in [6.45, 7) is 2.53. The highest BCUT2D eigenvalue weighted by atomic mass is 79.9. The van der Waals surface area contributed by atoms with Gasteiger partial charge in [-0.1, -0.05) is 22.0 Å². The lowest BCUT2D eigenvalue weighted by Crippen LogP contribution is -2.29. The molecule has 0 fully saturated rings. The number of urea groups is 1. The molecule has 0 heterocycles. The number of benzene rings is 1. The van der Waals surface area contributed by atoms with E-state index in [0.29, 0.717) is 12.4 Å². The van der Waals surface area contributed by atoms with Crippen LogP contribution in [0.3, 0.4) is 0 Å². The summed E-state index contributed by atoms with van der Waals surface area (Å²) in [5.74, 6) is 0.552. The van der Waals surface area contributed by atoms with Crippen molar-refractivity contribution in [3.05, 3.63) is 28.2 Å². The van der Waals surface area contributed by atoms with Gasteiger partial charge in [0.1, 0.15) is 0 Å². The van der Waals surface area contributed by atoms with Gasteiger partial charge in [-0.05, 0) is 31.0 Å². The third-order valence-corrected chi connectivity index (χ3v) is 2.80. The number of amides is 2. The Bertz CT molecular complexity index is 371. The van der Waals surface area contributed by atoms with E-state index < -0.39 is 0 Å². The predicted molar refractivity (Wildman–Crippen MR) is 71.2 cm³/mol. The van der Waals surface area contributed by atoms with E-state index in [-0.39, 0.29) is 6.03 Å². The first-order valence-corrected chi connectivity index (χ1v) is 6.33. The number of aryl methyl sites for hydroxylation is 1. The fourth-order valence-electron chi connectivity index (χ4n) is 1.16. The smallest absolute Gasteiger partial charge is 0.319 e. The van der Waals surface area contributed by atoms with Crippen molar-refractivity contribution in [3.8, 4) is 0 Å². The zero-order chi connectivity index (χ0) is 12.0. The van der Waals surface area contributed by atoms with Gasteiger partial charge in [0, 0.05) is 22.6 Å². The molecule has 1 aromatic carbocycles. The van der Waals surface area contributed by atoms with Gasteiger partial charge >= 0.3 is 6.03 Å². The average Bonchev–Trinajstić information content (AvgIpc) is 2.24. The van der Waals surface area contributed by atoms with Gasteiger partial charge in [0.05, 0.1) is 0 Å². The normalized spacial score (nSPS) is 9.94. The van der Waals surface area contributed by atoms with E-state index in [2.05, 4.69) is 26.6 Å². The lowest BCUT2D eigenvalue weighted by Gasteiger charge is -2.09. The van der Waals surface area contributed by atoms with Crippen molar-refractivity contribution < 1.29 is 4.79 Å². The number of halogens is 2. The highest BCUT2D eigenvalue weighted by Gasteiger charge is 2.03. The minimum absolute atomic E-state index is 0.202. The van der Waals surface area contributed by atoms with Crippen molar-refractivity contribution in [3.63, 3.8) is 0 Å². The van der Waals surface area contributed by atoms with E-state index in [4.69, 9.17) is 11.6 Å². The molecule has 0 aliphatic rings. The first-order valence-electron chi connectivity index (χ1n) is 5.00. The lowest BCUT2D eigenvalue weighted by atomic mass is 10.2. The van der Waals surface area contributed by atoms with Crippen LogP contribution in [0.1, 0.15) is 12.0 Å². The first-order chi connectivity index (χ1) is 7.63. The molecule has 3 nitrogen and oxygen atoms in total. The molecule has 0 radical (unpaired) electrons. The number of carbonyl (C=O) groups is 1. The monoisotopic (exact) mass is 304 g/mol. The van der Waals surface area contributed by atoms with Crippen molar-refractivity contribution in [2.75, 3.05) is 17.7 Å². The van der Waals surface area contributed by atoms with Crippen LogP contribution in [0.5, 0.6) is 0 Å². The maximum Gasteiger partial charge on any atom is 0.319 e. The van der Waals surface area contributed by atoms with Gasteiger partial charge < -0.3 is 10.6 Å². The molecule has 0 bridgehead atoms. The average molecular weight is 306 g/mol. The molecule has 0 aromatic heterocycles. The summed E-state index contributed by atoms with van der Waals surface area (Å²) in [6, 6.07) is 5.55. The molecule has 0 spiro atoms. The van der Waals surface area contributed by atoms with Crippen LogP contribution in [0.2, 0.25) is 0 Å². The number of hydrogen-bond acceptors (Lipinski definition) is 1. The van der Waals surface area contributed by atoms with Gasteiger partial charge in [-0.2, -0.15) is 0 Å². The SMILES string of the molecule is Cc1ccc(Br)cc1NC(=O)NCCCCl. The molecular weight excluding hydrogens is 291 g/mol. The molecule has 0 saturated carbocycles. The third kappa shape index (κ3) is 4.41. The summed E-state index contributed by atoms with van der Waals surface area (Å²) in [5, 5.41) is 5.52. The van der Waals surface area contributed by atoms with Crippen LogP contribution in [0, 0.1) is 6.92 Å². The molecule has 88 valence electrons. The van der Waals surface area contributed by atoms with Crippen LogP contribution in [-0.4, -0.2) is 18.5 Å². The number of alkyl halides is 1. The number of hydrogen-bond donors (Lipinski definition) is 2. The molecule has 0 saturated heterocycles. The molecular formula is C11H14BrClN2O. The molecule has 2 N–H and O–H groups in total. The molecule has 0 atom stereocenters. The third-order valence-electron chi connectivity index (χ3n) is 2.04. The quantitative estimate of drug-likeness (QED) is 0.648. The summed E-state index contributed by atoms with van der Waals surface area (Å²) < 4.78 is 0.939. The van der Waals surface area contributed by atoms with Gasteiger partial charge in [-0.15, -0.1) is 11.6 Å². The van der Waals surface area contributed by atoms with Crippen molar-refractivity contribution in [1.29, 1.82) is 0 Å². The van der Waals surface area contributed by atoms with Gasteiger partial charge in [0.25, 0.3) is 0 Å². The second kappa shape index (κ2) is 6.76. The second-order valence-corrected chi connectivity index (χ2v) is 4.68. The van der Waals surface area contributed by atoms with Gasteiger partial charge in [0.2, 0.25) is 0 Å². The first kappa shape index (κ1) is 13.3. The molecule has 5 heteroatoms. The fraction of sp³-hybridized carbons (Fsp3) is 0.364. The van der Waals surface area contributed by atoms with E-state index in [9.17, 15) is 4.79 Å². The Morgan fingerprint density at radius 3 is 2.94 bits per heavy atom. The van der Waals surface area contributed by atoms with Crippen molar-refractivity contribution in [1.82, 2.24) is 5.32 Å². The van der Waals surface area contributed by atoms with E-state index in [1.54, 1.807) is 0 Å². The van der Waals surface area contributed by atoms with E-state index in [1.165, 1.54) is 0 Å². The topological polar surface area (TPSA) is 41.1 Å².